The Labute approximate surface area is 274 Å². The van der Waals surface area contributed by atoms with E-state index in [1.165, 1.54) is 6.08 Å². The summed E-state index contributed by atoms with van der Waals surface area (Å²) in [6, 6.07) is 17.1. The van der Waals surface area contributed by atoms with Gasteiger partial charge in [0.05, 0.1) is 58.7 Å². The van der Waals surface area contributed by atoms with Gasteiger partial charge in [-0.25, -0.2) is 0 Å². The Morgan fingerprint density at radius 1 is 1.13 bits per heavy atom. The second-order valence-electron chi connectivity index (χ2n) is 11.1. The molecule has 1 fully saturated rings. The molecular formula is C35H37ClN6O4. The van der Waals surface area contributed by atoms with Crippen molar-refractivity contribution >= 4 is 45.5 Å². The number of hydrogen-bond donors (Lipinski definition) is 2. The molecule has 1 amide bonds. The zero-order valence-corrected chi connectivity index (χ0v) is 27.1. The number of rotatable bonds is 13. The summed E-state index contributed by atoms with van der Waals surface area (Å²) in [7, 11) is 3.85. The molecule has 11 heteroatoms. The first-order valence-electron chi connectivity index (χ1n) is 15.2. The van der Waals surface area contributed by atoms with Crippen LogP contribution in [-0.4, -0.2) is 61.2 Å². The van der Waals surface area contributed by atoms with Gasteiger partial charge in [0.15, 0.2) is 0 Å². The fourth-order valence-electron chi connectivity index (χ4n) is 4.97. The zero-order chi connectivity index (χ0) is 32.6. The lowest BCUT2D eigenvalue weighted by Crippen LogP contribution is -2.26. The Morgan fingerprint density at radius 2 is 1.96 bits per heavy atom. The molecule has 1 aliphatic heterocycles. The molecular weight excluding hydrogens is 604 g/mol. The highest BCUT2D eigenvalue weighted by Crippen LogP contribution is 2.38. The Hall–Kier alpha value is -4.69. The number of carbonyl (C=O) groups is 1. The molecule has 238 valence electrons. The van der Waals surface area contributed by atoms with E-state index in [1.807, 2.05) is 57.1 Å². The van der Waals surface area contributed by atoms with E-state index in [0.717, 1.165) is 11.4 Å². The number of aromatic nitrogens is 2. The third kappa shape index (κ3) is 7.74. The number of carbonyl (C=O) groups excluding carboxylic acids is 1. The molecule has 46 heavy (non-hydrogen) atoms. The molecule has 0 bridgehead atoms. The second-order valence-corrected chi connectivity index (χ2v) is 11.5. The van der Waals surface area contributed by atoms with Gasteiger partial charge in [-0.05, 0) is 63.8 Å². The van der Waals surface area contributed by atoms with E-state index in [0.29, 0.717) is 94.4 Å². The number of nitriles is 1. The lowest BCUT2D eigenvalue weighted by Gasteiger charge is -2.25. The number of aryl methyl sites for hydroxylation is 1. The molecule has 4 aromatic rings. The number of anilines is 3. The summed E-state index contributed by atoms with van der Waals surface area (Å²) >= 11 is 6.67. The van der Waals surface area contributed by atoms with Crippen molar-refractivity contribution in [1.29, 1.82) is 5.26 Å². The van der Waals surface area contributed by atoms with E-state index in [-0.39, 0.29) is 12.5 Å². The van der Waals surface area contributed by atoms with Gasteiger partial charge < -0.3 is 29.7 Å². The molecule has 2 aromatic heterocycles. The molecule has 10 nitrogen and oxygen atoms in total. The largest absolute Gasteiger partial charge is 0.492 e. The molecule has 3 heterocycles. The van der Waals surface area contributed by atoms with Crippen LogP contribution in [0.2, 0.25) is 5.02 Å². The van der Waals surface area contributed by atoms with Crippen LogP contribution in [0.1, 0.15) is 42.4 Å². The summed E-state index contributed by atoms with van der Waals surface area (Å²) in [6.07, 6.45) is 3.81. The van der Waals surface area contributed by atoms with Crippen molar-refractivity contribution in [2.45, 2.75) is 32.8 Å². The van der Waals surface area contributed by atoms with Gasteiger partial charge in [-0.2, -0.15) is 5.26 Å². The van der Waals surface area contributed by atoms with Crippen molar-refractivity contribution in [1.82, 2.24) is 14.9 Å². The Bertz CT molecular complexity index is 1800. The monoisotopic (exact) mass is 640 g/mol. The SMILES string of the molecule is CCOc1cc2nc(CC)c(C#N)c(Nc3ccc(OCc4cccc(C5COC5)n4)c(Cl)c3)c2cc1NC(=O)/C=C/CN(C)C. The van der Waals surface area contributed by atoms with Crippen LogP contribution in [0.5, 0.6) is 11.5 Å². The van der Waals surface area contributed by atoms with Crippen LogP contribution in [-0.2, 0) is 22.6 Å². The molecule has 0 saturated carbocycles. The summed E-state index contributed by atoms with van der Waals surface area (Å²) in [4.78, 5) is 24.2. The molecule has 0 unspecified atom stereocenters. The van der Waals surface area contributed by atoms with E-state index < -0.39 is 0 Å². The maximum absolute atomic E-state index is 12.8. The predicted molar refractivity (Wildman–Crippen MR) is 180 cm³/mol. The van der Waals surface area contributed by atoms with Gasteiger partial charge in [0.2, 0.25) is 5.91 Å². The molecule has 2 aromatic carbocycles. The first-order valence-corrected chi connectivity index (χ1v) is 15.6. The lowest BCUT2D eigenvalue weighted by atomic mass is 10.0. The van der Waals surface area contributed by atoms with Gasteiger partial charge in [0.1, 0.15) is 24.2 Å². The fraction of sp³-hybridized carbons (Fsp3) is 0.314. The normalized spacial score (nSPS) is 13.1. The number of hydrogen-bond acceptors (Lipinski definition) is 9. The van der Waals surface area contributed by atoms with Crippen LogP contribution < -0.4 is 20.1 Å². The van der Waals surface area contributed by atoms with Crippen molar-refractivity contribution in [2.24, 2.45) is 0 Å². The average molecular weight is 641 g/mol. The Kier molecular flexibility index (Phi) is 10.7. The Balaban J connectivity index is 1.44. The topological polar surface area (TPSA) is 122 Å². The van der Waals surface area contributed by atoms with Crippen LogP contribution >= 0.6 is 11.6 Å². The molecule has 5 rings (SSSR count). The lowest BCUT2D eigenvalue weighted by molar-refractivity contribution is -0.111. The summed E-state index contributed by atoms with van der Waals surface area (Å²) in [5.74, 6) is 1.03. The van der Waals surface area contributed by atoms with Gasteiger partial charge in [0, 0.05) is 41.4 Å². The highest BCUT2D eigenvalue weighted by atomic mass is 35.5. The third-order valence-electron chi connectivity index (χ3n) is 7.37. The molecule has 0 atom stereocenters. The first-order chi connectivity index (χ1) is 22.3. The van der Waals surface area contributed by atoms with Gasteiger partial charge >= 0.3 is 0 Å². The second kappa shape index (κ2) is 15.1. The molecule has 0 radical (unpaired) electrons. The van der Waals surface area contributed by atoms with Gasteiger partial charge in [-0.15, -0.1) is 0 Å². The minimum Gasteiger partial charge on any atom is -0.492 e. The van der Waals surface area contributed by atoms with E-state index in [4.69, 9.17) is 35.8 Å². The Morgan fingerprint density at radius 3 is 2.63 bits per heavy atom. The zero-order valence-electron chi connectivity index (χ0n) is 26.4. The van der Waals surface area contributed by atoms with Crippen LogP contribution in [0, 0.1) is 11.3 Å². The molecule has 2 N–H and O–H groups in total. The maximum atomic E-state index is 12.8. The van der Waals surface area contributed by atoms with Crippen molar-refractivity contribution in [3.8, 4) is 17.6 Å². The summed E-state index contributed by atoms with van der Waals surface area (Å²) in [6.45, 7) is 6.49. The highest BCUT2D eigenvalue weighted by molar-refractivity contribution is 6.32. The highest BCUT2D eigenvalue weighted by Gasteiger charge is 2.22. The maximum Gasteiger partial charge on any atom is 0.248 e. The summed E-state index contributed by atoms with van der Waals surface area (Å²) in [5, 5.41) is 17.6. The van der Waals surface area contributed by atoms with Crippen molar-refractivity contribution in [3.63, 3.8) is 0 Å². The minimum atomic E-state index is -0.295. The standard InChI is InChI=1S/C35H37ClN6O4/c1-5-28-26(18-37)35(25-16-31(33(45-6-2)17-30(25)40-28)41-34(43)11-8-14-42(3)4)39-23-12-13-32(27(36)15-23)46-21-24-9-7-10-29(38-24)22-19-44-20-22/h7-13,15-17,22H,5-6,14,19-21H2,1-4H3,(H,39,40)(H,41,43)/b11-8+. The van der Waals surface area contributed by atoms with E-state index in [2.05, 4.69) is 16.7 Å². The minimum absolute atomic E-state index is 0.266. The fourth-order valence-corrected chi connectivity index (χ4v) is 5.20. The van der Waals surface area contributed by atoms with Gasteiger partial charge in [0.25, 0.3) is 0 Å². The first kappa shape index (κ1) is 32.7. The van der Waals surface area contributed by atoms with Gasteiger partial charge in [-0.3, -0.25) is 14.8 Å². The predicted octanol–water partition coefficient (Wildman–Crippen LogP) is 6.61. The number of benzene rings is 2. The van der Waals surface area contributed by atoms with Crippen LogP contribution in [0.25, 0.3) is 10.9 Å². The number of likely N-dealkylation sites (N-methyl/N-ethyl adjacent to an activating group) is 1. The van der Waals surface area contributed by atoms with Gasteiger partial charge in [-0.1, -0.05) is 30.7 Å². The molecule has 1 aliphatic rings. The smallest absolute Gasteiger partial charge is 0.248 e. The summed E-state index contributed by atoms with van der Waals surface area (Å²) in [5.41, 5.74) is 5.14. The van der Waals surface area contributed by atoms with E-state index in [9.17, 15) is 10.1 Å². The average Bonchev–Trinajstić information content (AvgIpc) is 3.00. The summed E-state index contributed by atoms with van der Waals surface area (Å²) < 4.78 is 17.2. The number of pyridine rings is 2. The van der Waals surface area contributed by atoms with E-state index in [1.54, 1.807) is 30.3 Å². The number of ether oxygens (including phenoxy) is 3. The van der Waals surface area contributed by atoms with Crippen molar-refractivity contribution in [3.05, 3.63) is 88.4 Å². The quantitative estimate of drug-likeness (QED) is 0.155. The number of nitrogens with one attached hydrogen (secondary N) is 2. The van der Waals surface area contributed by atoms with Crippen LogP contribution in [0.4, 0.5) is 17.1 Å². The number of fused-ring (bicyclic) bond motifs is 1. The molecule has 1 saturated heterocycles. The van der Waals surface area contributed by atoms with Crippen LogP contribution in [0.3, 0.4) is 0 Å². The third-order valence-corrected chi connectivity index (χ3v) is 7.66. The molecule has 0 spiro atoms. The number of nitrogens with zero attached hydrogens (tertiary/aromatic N) is 4. The molecule has 0 aliphatic carbocycles. The van der Waals surface area contributed by atoms with Crippen LogP contribution in [0.15, 0.2) is 60.7 Å². The van der Waals surface area contributed by atoms with Crippen molar-refractivity contribution in [2.75, 3.05) is 51.1 Å². The van der Waals surface area contributed by atoms with E-state index >= 15 is 0 Å². The van der Waals surface area contributed by atoms with Crippen molar-refractivity contribution < 1.29 is 19.0 Å². The number of halogens is 1. The number of amides is 1.